The molecule has 0 amide bonds. The van der Waals surface area contributed by atoms with Gasteiger partial charge < -0.3 is 14.0 Å². The molecular weight excluding hydrogens is 415 g/mol. The van der Waals surface area contributed by atoms with Gasteiger partial charge in [0.1, 0.15) is 0 Å². The average Bonchev–Trinajstić information content (AvgIpc) is 2.92. The van der Waals surface area contributed by atoms with Crippen LogP contribution < -0.4 is 0 Å². The van der Waals surface area contributed by atoms with Gasteiger partial charge in [0.25, 0.3) is 0 Å². The molecule has 2 rings (SSSR count). The van der Waals surface area contributed by atoms with Crippen molar-refractivity contribution in [1.29, 1.82) is 0 Å². The van der Waals surface area contributed by atoms with Crippen molar-refractivity contribution in [3.63, 3.8) is 0 Å². The van der Waals surface area contributed by atoms with Crippen LogP contribution in [-0.2, 0) is 49.2 Å². The zero-order valence-electron chi connectivity index (χ0n) is 17.5. The summed E-state index contributed by atoms with van der Waals surface area (Å²) in [5.74, 6) is -0.299. The number of rotatable bonds is 4. The van der Waals surface area contributed by atoms with E-state index in [1.807, 2.05) is 24.6 Å². The number of carbonyl (C=O) groups excluding carboxylic acids is 1. The summed E-state index contributed by atoms with van der Waals surface area (Å²) >= 11 is 0. The Labute approximate surface area is 188 Å². The van der Waals surface area contributed by atoms with Crippen molar-refractivity contribution in [2.24, 2.45) is 7.05 Å². The minimum Gasteiger partial charge on any atom is -0.552 e. The van der Waals surface area contributed by atoms with Crippen molar-refractivity contribution >= 4 is 5.97 Å². The molecule has 145 valence electrons. The van der Waals surface area contributed by atoms with Crippen LogP contribution in [0.2, 0.25) is 0 Å². The molecule has 0 aliphatic rings. The molecule has 0 saturated heterocycles. The number of hydrogen-bond donors (Lipinski definition) is 0. The molecule has 4 nitrogen and oxygen atoms in total. The van der Waals surface area contributed by atoms with E-state index in [2.05, 4.69) is 52.2 Å². The zero-order valence-corrected chi connectivity index (χ0v) is 20.4. The predicted octanol–water partition coefficient (Wildman–Crippen LogP) is 4.80. The van der Waals surface area contributed by atoms with Crippen LogP contribution in [0.4, 0.5) is 0 Å². The van der Waals surface area contributed by atoms with Gasteiger partial charge in [-0.1, -0.05) is 39.8 Å². The number of methoxy groups -OCH3 is 1. The number of hydrogen-bond acceptors (Lipinski definition) is 3. The van der Waals surface area contributed by atoms with E-state index >= 15 is 0 Å². The summed E-state index contributed by atoms with van der Waals surface area (Å²) in [6.07, 6.45) is 1.65. The van der Waals surface area contributed by atoms with Crippen LogP contribution in [0.1, 0.15) is 38.3 Å². The van der Waals surface area contributed by atoms with Crippen molar-refractivity contribution in [2.75, 3.05) is 13.7 Å². The molecule has 0 saturated carbocycles. The number of ether oxygens (including phenoxy) is 2. The van der Waals surface area contributed by atoms with Crippen LogP contribution in [0.15, 0.2) is 18.7 Å². The van der Waals surface area contributed by atoms with Gasteiger partial charge in [0.2, 0.25) is 0 Å². The summed E-state index contributed by atoms with van der Waals surface area (Å²) in [6, 6.07) is 5.36. The number of aromatic nitrogens is 1. The standard InChI is InChI=1S/C18H22NO2.C4H7O.Y/c1-10-8-15(13(4)12(3)11(10)2)17-9-16(18(20)21-7)14(5)19(17)6;1-3-4-5-2;/h9H,1-7H3;3H,1-2,4H2;/q2*-1;. The minimum absolute atomic E-state index is 0. The summed E-state index contributed by atoms with van der Waals surface area (Å²) in [5.41, 5.74) is 8.46. The molecule has 0 spiro atoms. The Morgan fingerprint density at radius 1 is 1.22 bits per heavy atom. The van der Waals surface area contributed by atoms with E-state index in [1.165, 1.54) is 23.8 Å². The van der Waals surface area contributed by atoms with Gasteiger partial charge in [0.15, 0.2) is 0 Å². The molecule has 0 aliphatic carbocycles. The van der Waals surface area contributed by atoms with Crippen molar-refractivity contribution < 1.29 is 47.0 Å². The normalized spacial score (nSPS) is 9.78. The number of carbonyl (C=O) groups is 1. The fourth-order valence-corrected chi connectivity index (χ4v) is 2.72. The first kappa shape index (κ1) is 25.8. The maximum atomic E-state index is 11.9. The van der Waals surface area contributed by atoms with Gasteiger partial charge in [-0.25, -0.2) is 11.9 Å². The Kier molecular flexibility index (Phi) is 11.1. The summed E-state index contributed by atoms with van der Waals surface area (Å²) in [7, 11) is 6.48. The van der Waals surface area contributed by atoms with Crippen molar-refractivity contribution in [2.45, 2.75) is 34.6 Å². The van der Waals surface area contributed by atoms with Gasteiger partial charge in [-0.15, -0.1) is 40.5 Å². The monoisotopic (exact) mass is 444 g/mol. The summed E-state index contributed by atoms with van der Waals surface area (Å²) in [5, 5.41) is 0. The second kappa shape index (κ2) is 11.6. The Morgan fingerprint density at radius 2 is 1.81 bits per heavy atom. The maximum Gasteiger partial charge on any atom is 0.338 e. The van der Waals surface area contributed by atoms with Gasteiger partial charge in [-0.2, -0.15) is 0 Å². The molecule has 0 unspecified atom stereocenters. The summed E-state index contributed by atoms with van der Waals surface area (Å²) in [6.45, 7) is 14.3. The molecule has 0 N–H and O–H groups in total. The molecule has 1 aromatic carbocycles. The quantitative estimate of drug-likeness (QED) is 0.387. The third-order valence-electron chi connectivity index (χ3n) is 4.81. The van der Waals surface area contributed by atoms with Crippen molar-refractivity contribution in [3.8, 4) is 11.3 Å². The zero-order chi connectivity index (χ0) is 20.0. The molecule has 1 heterocycles. The molecular formula is C22H29NO3Y-2. The van der Waals surface area contributed by atoms with E-state index in [0.29, 0.717) is 12.2 Å². The maximum absolute atomic E-state index is 11.9. The largest absolute Gasteiger partial charge is 0.552 e. The molecule has 5 heteroatoms. The fourth-order valence-electron chi connectivity index (χ4n) is 2.72. The SMILES string of the molecule is C=CCO[CH2-].COC(=O)c1cc(-c2[c-]c(C)c(C)c(C)c2C)n(C)c1C.[Y]. The van der Waals surface area contributed by atoms with Gasteiger partial charge in [-0.05, 0) is 12.6 Å². The molecule has 0 bridgehead atoms. The van der Waals surface area contributed by atoms with E-state index in [4.69, 9.17) is 4.74 Å². The first-order valence-electron chi connectivity index (χ1n) is 8.43. The van der Waals surface area contributed by atoms with Crippen LogP contribution in [0.25, 0.3) is 11.3 Å². The fraction of sp³-hybridized carbons (Fsp3) is 0.364. The molecule has 0 atom stereocenters. The number of aryl methyl sites for hydroxylation is 1. The Balaban J connectivity index is 0.00000100. The van der Waals surface area contributed by atoms with Crippen molar-refractivity contribution in [1.82, 2.24) is 4.57 Å². The van der Waals surface area contributed by atoms with Gasteiger partial charge in [0.05, 0.1) is 12.7 Å². The summed E-state index contributed by atoms with van der Waals surface area (Å²) < 4.78 is 11.2. The molecule has 0 fully saturated rings. The van der Waals surface area contributed by atoms with Crippen LogP contribution in [0, 0.1) is 47.8 Å². The first-order chi connectivity index (χ1) is 12.2. The van der Waals surface area contributed by atoms with Crippen LogP contribution in [-0.4, -0.2) is 24.3 Å². The summed E-state index contributed by atoms with van der Waals surface area (Å²) in [4.78, 5) is 11.9. The van der Waals surface area contributed by atoms with Crippen LogP contribution >= 0.6 is 0 Å². The second-order valence-electron chi connectivity index (χ2n) is 6.24. The smallest absolute Gasteiger partial charge is 0.338 e. The van der Waals surface area contributed by atoms with Gasteiger partial charge in [-0.3, -0.25) is 0 Å². The first-order valence-corrected chi connectivity index (χ1v) is 8.43. The Bertz CT molecular complexity index is 807. The average molecular weight is 444 g/mol. The van der Waals surface area contributed by atoms with Crippen LogP contribution in [0.5, 0.6) is 0 Å². The predicted molar refractivity (Wildman–Crippen MR) is 106 cm³/mol. The topological polar surface area (TPSA) is 40.5 Å². The second-order valence-corrected chi connectivity index (χ2v) is 6.24. The Morgan fingerprint density at radius 3 is 2.26 bits per heavy atom. The van der Waals surface area contributed by atoms with E-state index in [-0.39, 0.29) is 38.7 Å². The van der Waals surface area contributed by atoms with E-state index in [0.717, 1.165) is 22.5 Å². The third-order valence-corrected chi connectivity index (χ3v) is 4.81. The van der Waals surface area contributed by atoms with Crippen LogP contribution in [0.3, 0.4) is 0 Å². The van der Waals surface area contributed by atoms with E-state index in [1.54, 1.807) is 6.08 Å². The van der Waals surface area contributed by atoms with Gasteiger partial charge in [0, 0.05) is 52.1 Å². The van der Waals surface area contributed by atoms with E-state index in [9.17, 15) is 4.79 Å². The van der Waals surface area contributed by atoms with Gasteiger partial charge >= 0.3 is 5.97 Å². The minimum atomic E-state index is -0.299. The molecule has 27 heavy (non-hydrogen) atoms. The molecule has 0 aliphatic heterocycles. The van der Waals surface area contributed by atoms with Crippen molar-refractivity contribution in [3.05, 3.63) is 65.4 Å². The number of esters is 1. The molecule has 1 aromatic heterocycles. The third kappa shape index (κ3) is 5.87. The molecule has 2 aromatic rings. The molecule has 1 radical (unpaired) electrons. The Hall–Kier alpha value is -1.23. The number of nitrogens with zero attached hydrogens (tertiary/aromatic N) is 1. The van der Waals surface area contributed by atoms with E-state index < -0.39 is 0 Å². The number of benzene rings is 1.